The molecule has 434 valence electrons. The Kier molecular flexibility index (Phi) is 11.9. The molecule has 3 heterocycles. The van der Waals surface area contributed by atoms with E-state index in [1.54, 1.807) is 0 Å². The van der Waals surface area contributed by atoms with Crippen LogP contribution in [0.1, 0.15) is 105 Å². The minimum absolute atomic E-state index is 0.00105. The molecule has 89 heavy (non-hydrogen) atoms. The smallest absolute Gasteiger partial charge is 0.0561 e. The quantitative estimate of drug-likeness (QED) is 0.153. The number of hydrogen-bond acceptors (Lipinski definition) is 0. The highest BCUT2D eigenvalue weighted by atomic mass is 15.0. The first kappa shape index (κ1) is 54.7. The molecule has 0 radical (unpaired) electrons. The summed E-state index contributed by atoms with van der Waals surface area (Å²) in [6.07, 6.45) is 0. The molecule has 0 aliphatic heterocycles. The Hall–Kier alpha value is -9.70. The molecular formula is C86H75N3. The maximum Gasteiger partial charge on any atom is 0.0561 e. The van der Waals surface area contributed by atoms with Crippen molar-refractivity contribution in [2.45, 2.75) is 105 Å². The van der Waals surface area contributed by atoms with Gasteiger partial charge in [0.25, 0.3) is 0 Å². The first-order valence-corrected chi connectivity index (χ1v) is 31.9. The molecule has 0 fully saturated rings. The minimum atomic E-state index is -0.00105. The van der Waals surface area contributed by atoms with Crippen molar-refractivity contribution in [3.05, 3.63) is 259 Å². The lowest BCUT2D eigenvalue weighted by Crippen LogP contribution is -2.10. The van der Waals surface area contributed by atoms with Gasteiger partial charge in [0.2, 0.25) is 0 Å². The molecule has 16 aromatic rings. The van der Waals surface area contributed by atoms with Crippen LogP contribution in [0, 0.1) is 0 Å². The average molecular weight is 1150 g/mol. The lowest BCUT2D eigenvalue weighted by Gasteiger charge is -2.20. The van der Waals surface area contributed by atoms with Crippen LogP contribution in [0.25, 0.3) is 148 Å². The lowest BCUT2D eigenvalue weighted by atomic mass is 9.83. The molecule has 0 saturated carbocycles. The van der Waals surface area contributed by atoms with Crippen molar-refractivity contribution in [2.24, 2.45) is 0 Å². The molecule has 0 aliphatic rings. The van der Waals surface area contributed by atoms with Crippen molar-refractivity contribution in [1.29, 1.82) is 0 Å². The second-order valence-corrected chi connectivity index (χ2v) is 29.4. The van der Waals surface area contributed by atoms with E-state index < -0.39 is 0 Å². The highest BCUT2D eigenvalue weighted by Crippen LogP contribution is 2.49. The number of rotatable bonds is 5. The first-order valence-electron chi connectivity index (χ1n) is 31.9. The van der Waals surface area contributed by atoms with Gasteiger partial charge in [0.1, 0.15) is 0 Å². The minimum Gasteiger partial charge on any atom is -0.309 e. The fourth-order valence-electron chi connectivity index (χ4n) is 14.8. The second kappa shape index (κ2) is 19.4. The predicted molar refractivity (Wildman–Crippen MR) is 385 cm³/mol. The third kappa shape index (κ3) is 8.59. The number of nitrogens with zero attached hydrogens (tertiary/aromatic N) is 3. The Labute approximate surface area is 522 Å². The van der Waals surface area contributed by atoms with Crippen LogP contribution in [0.3, 0.4) is 0 Å². The van der Waals surface area contributed by atoms with E-state index in [-0.39, 0.29) is 21.7 Å². The summed E-state index contributed by atoms with van der Waals surface area (Å²) in [5.41, 5.74) is 20.9. The highest BCUT2D eigenvalue weighted by Gasteiger charge is 2.26. The summed E-state index contributed by atoms with van der Waals surface area (Å²) in [7, 11) is 0. The van der Waals surface area contributed by atoms with Gasteiger partial charge in [-0.2, -0.15) is 0 Å². The van der Waals surface area contributed by atoms with Crippen molar-refractivity contribution in [1.82, 2.24) is 13.7 Å². The van der Waals surface area contributed by atoms with E-state index in [2.05, 4.69) is 333 Å². The van der Waals surface area contributed by atoms with Crippen molar-refractivity contribution < 1.29 is 0 Å². The van der Waals surface area contributed by atoms with Gasteiger partial charge >= 0.3 is 0 Å². The van der Waals surface area contributed by atoms with E-state index in [1.165, 1.54) is 142 Å². The Morgan fingerprint density at radius 1 is 0.202 bits per heavy atom. The zero-order chi connectivity index (χ0) is 61.2. The normalized spacial score (nSPS) is 12.9. The molecule has 0 saturated heterocycles. The van der Waals surface area contributed by atoms with Crippen LogP contribution in [0.5, 0.6) is 0 Å². The van der Waals surface area contributed by atoms with Gasteiger partial charge in [-0.15, -0.1) is 0 Å². The van der Waals surface area contributed by atoms with Crippen molar-refractivity contribution in [3.8, 4) is 39.3 Å². The Bertz CT molecular complexity index is 5170. The summed E-state index contributed by atoms with van der Waals surface area (Å²) < 4.78 is 7.56. The summed E-state index contributed by atoms with van der Waals surface area (Å²) in [5.74, 6) is 0. The third-order valence-corrected chi connectivity index (χ3v) is 19.6. The van der Waals surface area contributed by atoms with Gasteiger partial charge in [-0.05, 0) is 200 Å². The first-order chi connectivity index (χ1) is 42.7. The van der Waals surface area contributed by atoms with Crippen LogP contribution < -0.4 is 0 Å². The molecule has 0 N–H and O–H groups in total. The van der Waals surface area contributed by atoms with Gasteiger partial charge in [0.15, 0.2) is 0 Å². The fraction of sp³-hybridized carbons (Fsp3) is 0.186. The molecule has 0 unspecified atom stereocenters. The van der Waals surface area contributed by atoms with Gasteiger partial charge in [0.05, 0.1) is 33.1 Å². The topological polar surface area (TPSA) is 14.8 Å². The van der Waals surface area contributed by atoms with Crippen LogP contribution >= 0.6 is 0 Å². The molecule has 3 aromatic heterocycles. The maximum atomic E-state index is 2.54. The average Bonchev–Trinajstić information content (AvgIpc) is 1.50. The molecule has 0 atom stereocenters. The van der Waals surface area contributed by atoms with Gasteiger partial charge in [0, 0.05) is 49.4 Å². The number of fused-ring (bicyclic) bond motifs is 13. The van der Waals surface area contributed by atoms with Crippen LogP contribution in [0.4, 0.5) is 0 Å². The largest absolute Gasteiger partial charge is 0.309 e. The Morgan fingerprint density at radius 3 is 0.843 bits per heavy atom. The SMILES string of the molecule is CC(C)(C)c1ccc2c(c1)c1cc(C(C)(C)C)ccc1n2-c1ccc2c3ccc(-n4c5ccc(C(C)(C)C)cc5c5cc(C(C)(C)C)ccc54)cc3n(-c3ccc(-c4c5ccccc5c(-c5c6ccccc6cc6ccccc56)c5ccccc45)cc3)c2c1. The van der Waals surface area contributed by atoms with Crippen molar-refractivity contribution in [2.75, 3.05) is 0 Å². The number of hydrogen-bond donors (Lipinski definition) is 0. The molecule has 0 spiro atoms. The van der Waals surface area contributed by atoms with E-state index in [0.29, 0.717) is 0 Å². The molecule has 16 rings (SSSR count). The van der Waals surface area contributed by atoms with Gasteiger partial charge in [-0.1, -0.05) is 229 Å². The summed E-state index contributed by atoms with van der Waals surface area (Å²) >= 11 is 0. The summed E-state index contributed by atoms with van der Waals surface area (Å²) in [6, 6.07) is 90.8. The lowest BCUT2D eigenvalue weighted by molar-refractivity contribution is 0.590. The molecule has 13 aromatic carbocycles. The Balaban J connectivity index is 0.947. The van der Waals surface area contributed by atoms with E-state index in [9.17, 15) is 0 Å². The van der Waals surface area contributed by atoms with Gasteiger partial charge in [-0.3, -0.25) is 0 Å². The van der Waals surface area contributed by atoms with Gasteiger partial charge < -0.3 is 13.7 Å². The molecular weight excluding hydrogens is 1070 g/mol. The van der Waals surface area contributed by atoms with E-state index in [4.69, 9.17) is 0 Å². The highest BCUT2D eigenvalue weighted by molar-refractivity contribution is 6.27. The summed E-state index contributed by atoms with van der Waals surface area (Å²) in [6.45, 7) is 27.8. The van der Waals surface area contributed by atoms with Crippen LogP contribution in [-0.4, -0.2) is 13.7 Å². The van der Waals surface area contributed by atoms with E-state index in [1.807, 2.05) is 0 Å². The third-order valence-electron chi connectivity index (χ3n) is 19.6. The molecule has 0 amide bonds. The second-order valence-electron chi connectivity index (χ2n) is 29.4. The summed E-state index contributed by atoms with van der Waals surface area (Å²) in [4.78, 5) is 0. The van der Waals surface area contributed by atoms with Crippen LogP contribution in [0.15, 0.2) is 237 Å². The van der Waals surface area contributed by atoms with Crippen LogP contribution in [0.2, 0.25) is 0 Å². The van der Waals surface area contributed by atoms with Crippen molar-refractivity contribution in [3.63, 3.8) is 0 Å². The molecule has 3 nitrogen and oxygen atoms in total. The molecule has 0 bridgehead atoms. The molecule has 0 aliphatic carbocycles. The monoisotopic (exact) mass is 1150 g/mol. The van der Waals surface area contributed by atoms with Crippen molar-refractivity contribution >= 4 is 109 Å². The summed E-state index contributed by atoms with van der Waals surface area (Å²) in [5, 5.41) is 17.6. The Morgan fingerprint density at radius 2 is 0.494 bits per heavy atom. The van der Waals surface area contributed by atoms with Gasteiger partial charge in [-0.25, -0.2) is 0 Å². The standard InChI is InChI=1S/C86H75N3/c1-83(2,3)55-31-41-74-70(46-55)71-47-56(84(4,5)6)32-42-75(71)88(74)60-37-39-64-65-40-38-61(89-76-43-33-57(85(7,8)9)48-72(76)73-49-58(86(10,11)12)34-44-77(73)89)51-79(65)87(78(64)50-60)59-35-29-52(30-36-59)80-66-25-17-19-27-68(66)82(69-28-20-18-26-67(69)80)81-62-23-15-13-21-53(62)45-54-22-14-16-24-63(54)81/h13-51H,1-12H3. The van der Waals surface area contributed by atoms with E-state index >= 15 is 0 Å². The van der Waals surface area contributed by atoms with Crippen LogP contribution in [-0.2, 0) is 21.7 Å². The zero-order valence-corrected chi connectivity index (χ0v) is 53.4. The zero-order valence-electron chi connectivity index (χ0n) is 53.4. The predicted octanol–water partition coefficient (Wildman–Crippen LogP) is 24.1. The number of aromatic nitrogens is 3. The molecule has 3 heteroatoms. The van der Waals surface area contributed by atoms with E-state index in [0.717, 1.165) is 28.1 Å². The fourth-order valence-corrected chi connectivity index (χ4v) is 14.8. The number of benzene rings is 13. The maximum absolute atomic E-state index is 2.54.